The van der Waals surface area contributed by atoms with Crippen LogP contribution >= 0.6 is 23.2 Å². The van der Waals surface area contributed by atoms with Crippen LogP contribution in [0, 0.1) is 5.92 Å². The Hall–Kier alpha value is -1.27. The molecule has 1 aromatic rings. The molecule has 24 heavy (non-hydrogen) atoms. The number of amides is 1. The monoisotopic (exact) mass is 375 g/mol. The molecule has 0 radical (unpaired) electrons. The highest BCUT2D eigenvalue weighted by Crippen LogP contribution is 2.28. The minimum absolute atomic E-state index is 0.0141. The van der Waals surface area contributed by atoms with Crippen molar-refractivity contribution in [1.82, 2.24) is 15.1 Å². The van der Waals surface area contributed by atoms with Crippen LogP contribution in [0.15, 0.2) is 0 Å². The van der Waals surface area contributed by atoms with Gasteiger partial charge in [0.2, 0.25) is 0 Å². The number of carbonyl (C=O) groups excluding carboxylic acids is 2. The van der Waals surface area contributed by atoms with Crippen LogP contribution in [0.4, 0.5) is 0 Å². The van der Waals surface area contributed by atoms with Crippen molar-refractivity contribution < 1.29 is 14.3 Å². The fourth-order valence-corrected chi connectivity index (χ4v) is 3.65. The van der Waals surface area contributed by atoms with Crippen molar-refractivity contribution in [2.75, 3.05) is 6.61 Å². The number of nitrogens with one attached hydrogen (secondary N) is 1. The second-order valence-corrected chi connectivity index (χ2v) is 6.81. The van der Waals surface area contributed by atoms with E-state index in [1.165, 1.54) is 11.1 Å². The summed E-state index contributed by atoms with van der Waals surface area (Å²) in [5.74, 6) is -0.521. The molecule has 0 unspecified atom stereocenters. The van der Waals surface area contributed by atoms with Gasteiger partial charge < -0.3 is 10.1 Å². The third kappa shape index (κ3) is 4.63. The van der Waals surface area contributed by atoms with Crippen molar-refractivity contribution >= 4 is 35.1 Å². The van der Waals surface area contributed by atoms with Crippen molar-refractivity contribution in [3.05, 3.63) is 15.9 Å². The van der Waals surface area contributed by atoms with E-state index >= 15 is 0 Å². The summed E-state index contributed by atoms with van der Waals surface area (Å²) in [4.78, 5) is 24.8. The molecular weight excluding hydrogens is 353 g/mol. The maximum absolute atomic E-state index is 12.5. The molecule has 1 aromatic heterocycles. The molecule has 0 saturated heterocycles. The quantitative estimate of drug-likeness (QED) is 0.773. The molecule has 1 atom stereocenters. The summed E-state index contributed by atoms with van der Waals surface area (Å²) in [5, 5.41) is 6.78. The molecule has 0 spiro atoms. The molecule has 6 nitrogen and oxygen atoms in total. The summed E-state index contributed by atoms with van der Waals surface area (Å²) in [6, 6.07) is -0.701. The second kappa shape index (κ2) is 8.72. The number of halogens is 2. The molecule has 1 heterocycles. The average molecular weight is 376 g/mol. The van der Waals surface area contributed by atoms with Gasteiger partial charge in [0.15, 0.2) is 5.15 Å². The third-order valence-corrected chi connectivity index (χ3v) is 5.03. The average Bonchev–Trinajstić information content (AvgIpc) is 2.80. The van der Waals surface area contributed by atoms with Gasteiger partial charge in [0, 0.05) is 7.05 Å². The highest BCUT2D eigenvalue weighted by Gasteiger charge is 2.29. The van der Waals surface area contributed by atoms with Gasteiger partial charge in [-0.1, -0.05) is 55.3 Å². The minimum atomic E-state index is -0.701. The summed E-state index contributed by atoms with van der Waals surface area (Å²) in [7, 11) is 1.59. The molecule has 2 rings (SSSR count). The number of rotatable bonds is 6. The Labute approximate surface area is 151 Å². The van der Waals surface area contributed by atoms with Crippen LogP contribution in [0.25, 0.3) is 0 Å². The first-order valence-corrected chi connectivity index (χ1v) is 9.05. The Morgan fingerprint density at radius 1 is 1.33 bits per heavy atom. The first kappa shape index (κ1) is 19.1. The van der Waals surface area contributed by atoms with E-state index in [1.807, 2.05) is 0 Å². The maximum Gasteiger partial charge on any atom is 0.328 e. The van der Waals surface area contributed by atoms with E-state index in [0.717, 1.165) is 25.7 Å². The highest BCUT2D eigenvalue weighted by molar-refractivity contribution is 6.38. The third-order valence-electron chi connectivity index (χ3n) is 4.33. The van der Waals surface area contributed by atoms with E-state index in [1.54, 1.807) is 14.0 Å². The number of carbonyl (C=O) groups is 2. The van der Waals surface area contributed by atoms with E-state index in [2.05, 4.69) is 10.4 Å². The molecule has 1 amide bonds. The smallest absolute Gasteiger partial charge is 0.328 e. The lowest BCUT2D eigenvalue weighted by Crippen LogP contribution is -2.43. The Morgan fingerprint density at radius 2 is 2.00 bits per heavy atom. The van der Waals surface area contributed by atoms with Gasteiger partial charge in [0.1, 0.15) is 16.8 Å². The maximum atomic E-state index is 12.5. The predicted octanol–water partition coefficient (Wildman–Crippen LogP) is 3.36. The van der Waals surface area contributed by atoms with Gasteiger partial charge in [-0.3, -0.25) is 9.48 Å². The lowest BCUT2D eigenvalue weighted by atomic mass is 9.85. The molecule has 8 heteroatoms. The van der Waals surface area contributed by atoms with Crippen molar-refractivity contribution in [3.8, 4) is 0 Å². The lowest BCUT2D eigenvalue weighted by Gasteiger charge is -2.26. The van der Waals surface area contributed by atoms with E-state index in [9.17, 15) is 9.59 Å². The van der Waals surface area contributed by atoms with Crippen LogP contribution in [0.5, 0.6) is 0 Å². The van der Waals surface area contributed by atoms with Crippen LogP contribution in [0.3, 0.4) is 0 Å². The molecular formula is C16H23Cl2N3O3. The van der Waals surface area contributed by atoms with E-state index in [4.69, 9.17) is 27.9 Å². The van der Waals surface area contributed by atoms with Crippen LogP contribution in [-0.2, 0) is 16.6 Å². The van der Waals surface area contributed by atoms with Crippen molar-refractivity contribution in [2.24, 2.45) is 13.0 Å². The number of hydrogen-bond donors (Lipinski definition) is 1. The molecule has 1 fully saturated rings. The summed E-state index contributed by atoms with van der Waals surface area (Å²) >= 11 is 12.0. The number of hydrogen-bond acceptors (Lipinski definition) is 4. The fraction of sp³-hybridized carbons (Fsp3) is 0.688. The molecule has 1 N–H and O–H groups in total. The Balaban J connectivity index is 2.11. The Bertz CT molecular complexity index is 598. The predicted molar refractivity (Wildman–Crippen MR) is 92.3 cm³/mol. The van der Waals surface area contributed by atoms with Gasteiger partial charge in [0.05, 0.1) is 6.61 Å². The van der Waals surface area contributed by atoms with Crippen LogP contribution in [-0.4, -0.2) is 34.3 Å². The zero-order valence-electron chi connectivity index (χ0n) is 14.0. The van der Waals surface area contributed by atoms with E-state index in [0.29, 0.717) is 12.3 Å². The van der Waals surface area contributed by atoms with Gasteiger partial charge in [-0.05, 0) is 19.3 Å². The first-order chi connectivity index (χ1) is 11.4. The molecule has 1 aliphatic carbocycles. The van der Waals surface area contributed by atoms with E-state index < -0.39 is 17.9 Å². The Kier molecular flexibility index (Phi) is 6.92. The zero-order chi connectivity index (χ0) is 17.7. The number of aryl methyl sites for hydroxylation is 1. The fourth-order valence-electron chi connectivity index (χ4n) is 3.10. The number of nitrogens with zero attached hydrogens (tertiary/aromatic N) is 2. The van der Waals surface area contributed by atoms with Crippen molar-refractivity contribution in [3.63, 3.8) is 0 Å². The highest BCUT2D eigenvalue weighted by atomic mass is 35.5. The van der Waals surface area contributed by atoms with E-state index in [-0.39, 0.29) is 22.5 Å². The first-order valence-electron chi connectivity index (χ1n) is 8.29. The second-order valence-electron chi connectivity index (χ2n) is 6.10. The Morgan fingerprint density at radius 3 is 2.54 bits per heavy atom. The molecule has 1 saturated carbocycles. The van der Waals surface area contributed by atoms with Gasteiger partial charge >= 0.3 is 5.97 Å². The zero-order valence-corrected chi connectivity index (χ0v) is 15.5. The van der Waals surface area contributed by atoms with Gasteiger partial charge in [0.25, 0.3) is 5.91 Å². The van der Waals surface area contributed by atoms with Crippen molar-refractivity contribution in [1.29, 1.82) is 0 Å². The topological polar surface area (TPSA) is 73.2 Å². The molecule has 134 valence electrons. The summed E-state index contributed by atoms with van der Waals surface area (Å²) in [5.41, 5.74) is 0.0822. The van der Waals surface area contributed by atoms with Crippen LogP contribution in [0.1, 0.15) is 55.8 Å². The molecule has 1 aliphatic rings. The van der Waals surface area contributed by atoms with Crippen LogP contribution in [0.2, 0.25) is 10.3 Å². The van der Waals surface area contributed by atoms with Crippen LogP contribution < -0.4 is 5.32 Å². The number of ether oxygens (including phenoxy) is 1. The SMILES string of the molecule is CCOC(=O)[C@H](CC1CCCCC1)NC(=O)c1c(Cl)nn(C)c1Cl. The largest absolute Gasteiger partial charge is 0.464 e. The molecule has 0 bridgehead atoms. The number of aromatic nitrogens is 2. The lowest BCUT2D eigenvalue weighted by molar-refractivity contribution is -0.146. The summed E-state index contributed by atoms with van der Waals surface area (Å²) in [6.45, 7) is 2.01. The van der Waals surface area contributed by atoms with Gasteiger partial charge in [-0.25, -0.2) is 4.79 Å². The standard InChI is InChI=1S/C16H23Cl2N3O3/c1-3-24-16(23)11(9-10-7-5-4-6-8-10)19-15(22)12-13(17)20-21(2)14(12)18/h10-11H,3-9H2,1-2H3,(H,19,22)/t11-/m0/s1. The minimum Gasteiger partial charge on any atom is -0.464 e. The van der Waals surface area contributed by atoms with Gasteiger partial charge in [-0.15, -0.1) is 0 Å². The normalized spacial score (nSPS) is 16.7. The van der Waals surface area contributed by atoms with Crippen molar-refractivity contribution in [2.45, 2.75) is 51.5 Å². The molecule has 0 aromatic carbocycles. The summed E-state index contributed by atoms with van der Waals surface area (Å²) < 4.78 is 6.43. The number of esters is 1. The summed E-state index contributed by atoms with van der Waals surface area (Å²) in [6.07, 6.45) is 6.26. The molecule has 0 aliphatic heterocycles. The van der Waals surface area contributed by atoms with Gasteiger partial charge in [-0.2, -0.15) is 5.10 Å².